The second kappa shape index (κ2) is 6.91. The first-order valence-electron chi connectivity index (χ1n) is 7.89. The lowest BCUT2D eigenvalue weighted by Crippen LogP contribution is -2.35. The first-order chi connectivity index (χ1) is 12.3. The van der Waals surface area contributed by atoms with Crippen molar-refractivity contribution in [2.24, 2.45) is 0 Å². The van der Waals surface area contributed by atoms with E-state index in [1.54, 1.807) is 32.0 Å². The Morgan fingerprint density at radius 1 is 1.23 bits per heavy atom. The van der Waals surface area contributed by atoms with Gasteiger partial charge in [-0.05, 0) is 32.0 Å². The molecule has 134 valence electrons. The number of nitrogens with zero attached hydrogens (tertiary/aromatic N) is 3. The maximum absolute atomic E-state index is 13.3. The van der Waals surface area contributed by atoms with Crippen LogP contribution in [0.5, 0.6) is 0 Å². The fourth-order valence-electron chi connectivity index (χ4n) is 2.55. The summed E-state index contributed by atoms with van der Waals surface area (Å²) in [6.45, 7) is 3.22. The molecule has 2 aromatic heterocycles. The lowest BCUT2D eigenvalue weighted by molar-refractivity contribution is -0.116. The van der Waals surface area contributed by atoms with E-state index in [2.05, 4.69) is 15.5 Å². The number of aromatic nitrogens is 2. The van der Waals surface area contributed by atoms with Gasteiger partial charge in [0.05, 0.1) is 23.3 Å². The highest BCUT2D eigenvalue weighted by Gasteiger charge is 2.19. The highest BCUT2D eigenvalue weighted by molar-refractivity contribution is 6.01. The second-order valence-corrected chi connectivity index (χ2v) is 5.99. The van der Waals surface area contributed by atoms with Gasteiger partial charge in [-0.25, -0.2) is 4.39 Å². The van der Waals surface area contributed by atoms with Crippen LogP contribution in [0.4, 0.5) is 10.2 Å². The number of likely N-dealkylation sites (N-methyl/N-ethyl adjacent to an activating group) is 1. The van der Waals surface area contributed by atoms with Gasteiger partial charge >= 0.3 is 0 Å². The number of carbonyl (C=O) groups is 2. The highest BCUT2D eigenvalue weighted by Crippen LogP contribution is 2.19. The molecule has 0 atom stereocenters. The first kappa shape index (κ1) is 17.5. The van der Waals surface area contributed by atoms with Gasteiger partial charge in [-0.15, -0.1) is 0 Å². The zero-order valence-corrected chi connectivity index (χ0v) is 14.5. The predicted molar refractivity (Wildman–Crippen MR) is 93.3 cm³/mol. The fourth-order valence-corrected chi connectivity index (χ4v) is 2.55. The van der Waals surface area contributed by atoms with Crippen molar-refractivity contribution >= 4 is 28.5 Å². The van der Waals surface area contributed by atoms with Crippen LogP contribution >= 0.6 is 0 Å². The first-order valence-corrected chi connectivity index (χ1v) is 7.89. The summed E-state index contributed by atoms with van der Waals surface area (Å²) >= 11 is 0. The monoisotopic (exact) mass is 356 g/mol. The molecule has 2 heterocycles. The Morgan fingerprint density at radius 2 is 2.00 bits per heavy atom. The van der Waals surface area contributed by atoms with Crippen molar-refractivity contribution in [3.8, 4) is 0 Å². The number of pyridine rings is 1. The van der Waals surface area contributed by atoms with Crippen molar-refractivity contribution in [1.29, 1.82) is 0 Å². The molecular formula is C18H17FN4O3. The van der Waals surface area contributed by atoms with Gasteiger partial charge < -0.3 is 14.7 Å². The quantitative estimate of drug-likeness (QED) is 0.776. The molecule has 0 aliphatic heterocycles. The Balaban J connectivity index is 1.75. The minimum Gasteiger partial charge on any atom is -0.360 e. The molecule has 1 aromatic carbocycles. The Hall–Kier alpha value is -3.29. The number of hydrogen-bond acceptors (Lipinski definition) is 5. The van der Waals surface area contributed by atoms with Gasteiger partial charge in [-0.2, -0.15) is 0 Å². The molecule has 0 bridgehead atoms. The molecule has 0 spiro atoms. The lowest BCUT2D eigenvalue weighted by atomic mass is 10.1. The Kier molecular flexibility index (Phi) is 4.66. The van der Waals surface area contributed by atoms with Gasteiger partial charge in [0, 0.05) is 24.6 Å². The van der Waals surface area contributed by atoms with E-state index in [1.165, 1.54) is 24.1 Å². The van der Waals surface area contributed by atoms with E-state index in [9.17, 15) is 14.0 Å². The molecule has 8 heteroatoms. The standard InChI is InChI=1S/C18H17FN4O3/c1-10-6-16(22-26-10)21-17(24)9-23(3)18(25)14-7-12-4-5-13(19)8-15(12)20-11(14)2/h4-8H,9H2,1-3H3,(H,21,22,24). The van der Waals surface area contributed by atoms with Crippen molar-refractivity contribution in [3.63, 3.8) is 0 Å². The van der Waals surface area contributed by atoms with Crippen molar-refractivity contribution in [1.82, 2.24) is 15.0 Å². The molecule has 3 rings (SSSR count). The molecule has 0 aliphatic rings. The number of fused-ring (bicyclic) bond motifs is 1. The number of halogens is 1. The average molecular weight is 356 g/mol. The number of anilines is 1. The van der Waals surface area contributed by atoms with Crippen LogP contribution in [0.15, 0.2) is 34.9 Å². The topological polar surface area (TPSA) is 88.3 Å². The minimum atomic E-state index is -0.400. The van der Waals surface area contributed by atoms with E-state index in [-0.39, 0.29) is 18.3 Å². The molecule has 3 aromatic rings. The van der Waals surface area contributed by atoms with Crippen LogP contribution in [0.25, 0.3) is 10.9 Å². The number of aryl methyl sites for hydroxylation is 2. The van der Waals surface area contributed by atoms with E-state index < -0.39 is 5.91 Å². The zero-order valence-electron chi connectivity index (χ0n) is 14.5. The van der Waals surface area contributed by atoms with E-state index >= 15 is 0 Å². The van der Waals surface area contributed by atoms with Crippen molar-refractivity contribution in [2.75, 3.05) is 18.9 Å². The average Bonchev–Trinajstić information content (AvgIpc) is 2.98. The Labute approximate surface area is 148 Å². The Bertz CT molecular complexity index is 999. The van der Waals surface area contributed by atoms with E-state index in [0.717, 1.165) is 0 Å². The molecule has 0 fully saturated rings. The van der Waals surface area contributed by atoms with Crippen LogP contribution in [0, 0.1) is 19.7 Å². The van der Waals surface area contributed by atoms with E-state index in [4.69, 9.17) is 4.52 Å². The lowest BCUT2D eigenvalue weighted by Gasteiger charge is -2.17. The third kappa shape index (κ3) is 3.69. The highest BCUT2D eigenvalue weighted by atomic mass is 19.1. The fraction of sp³-hybridized carbons (Fsp3) is 0.222. The summed E-state index contributed by atoms with van der Waals surface area (Å²) in [5.41, 5.74) is 1.30. The summed E-state index contributed by atoms with van der Waals surface area (Å²) in [5.74, 6) is -0.284. The molecule has 7 nitrogen and oxygen atoms in total. The third-order valence-electron chi connectivity index (χ3n) is 3.82. The van der Waals surface area contributed by atoms with Crippen LogP contribution in [0.2, 0.25) is 0 Å². The summed E-state index contributed by atoms with van der Waals surface area (Å²) in [5, 5.41) is 6.88. The molecule has 0 saturated carbocycles. The molecule has 0 aliphatic carbocycles. The van der Waals surface area contributed by atoms with Crippen molar-refractivity contribution in [2.45, 2.75) is 13.8 Å². The van der Waals surface area contributed by atoms with Crippen LogP contribution in [-0.4, -0.2) is 40.4 Å². The number of carbonyl (C=O) groups excluding carboxylic acids is 2. The summed E-state index contributed by atoms with van der Waals surface area (Å²) in [4.78, 5) is 30.3. The second-order valence-electron chi connectivity index (χ2n) is 5.99. The molecule has 0 saturated heterocycles. The minimum absolute atomic E-state index is 0.161. The van der Waals surface area contributed by atoms with E-state index in [1.807, 2.05) is 0 Å². The van der Waals surface area contributed by atoms with Crippen LogP contribution in [0.1, 0.15) is 21.8 Å². The molecule has 0 unspecified atom stereocenters. The Morgan fingerprint density at radius 3 is 2.69 bits per heavy atom. The zero-order chi connectivity index (χ0) is 18.8. The number of benzene rings is 1. The molecule has 2 amide bonds. The summed E-state index contributed by atoms with van der Waals surface area (Å²) < 4.78 is 18.2. The smallest absolute Gasteiger partial charge is 0.255 e. The van der Waals surface area contributed by atoms with Gasteiger partial charge in [-0.1, -0.05) is 5.16 Å². The summed E-state index contributed by atoms with van der Waals surface area (Å²) in [6, 6.07) is 7.41. The summed E-state index contributed by atoms with van der Waals surface area (Å²) in [6.07, 6.45) is 0. The summed E-state index contributed by atoms with van der Waals surface area (Å²) in [7, 11) is 1.52. The van der Waals surface area contributed by atoms with Crippen molar-refractivity contribution < 1.29 is 18.5 Å². The maximum Gasteiger partial charge on any atom is 0.255 e. The van der Waals surface area contributed by atoms with Gasteiger partial charge in [0.15, 0.2) is 5.82 Å². The van der Waals surface area contributed by atoms with Crippen LogP contribution < -0.4 is 5.32 Å². The molecule has 1 N–H and O–H groups in total. The van der Waals surface area contributed by atoms with Gasteiger partial charge in [0.1, 0.15) is 11.6 Å². The predicted octanol–water partition coefficient (Wildman–Crippen LogP) is 2.69. The molecule has 26 heavy (non-hydrogen) atoms. The van der Waals surface area contributed by atoms with E-state index in [0.29, 0.717) is 33.7 Å². The van der Waals surface area contributed by atoms with Crippen LogP contribution in [0.3, 0.4) is 0 Å². The van der Waals surface area contributed by atoms with Crippen molar-refractivity contribution in [3.05, 3.63) is 53.2 Å². The van der Waals surface area contributed by atoms with Gasteiger partial charge in [0.2, 0.25) is 5.91 Å². The van der Waals surface area contributed by atoms with Gasteiger partial charge in [0.25, 0.3) is 5.91 Å². The SMILES string of the molecule is Cc1cc(NC(=O)CN(C)C(=O)c2cc3ccc(F)cc3nc2C)no1. The third-order valence-corrected chi connectivity index (χ3v) is 3.82. The number of nitrogens with one attached hydrogen (secondary N) is 1. The largest absolute Gasteiger partial charge is 0.360 e. The van der Waals surface area contributed by atoms with Gasteiger partial charge in [-0.3, -0.25) is 14.6 Å². The molecular weight excluding hydrogens is 339 g/mol. The number of rotatable bonds is 4. The molecule has 0 radical (unpaired) electrons. The number of amides is 2. The maximum atomic E-state index is 13.3. The number of hydrogen-bond donors (Lipinski definition) is 1. The van der Waals surface area contributed by atoms with Crippen LogP contribution in [-0.2, 0) is 4.79 Å². The normalized spacial score (nSPS) is 10.8.